The molecule has 1 rings (SSSR count). The molecule has 5 nitrogen and oxygen atoms in total. The van der Waals surface area contributed by atoms with E-state index in [0.717, 1.165) is 12.8 Å². The van der Waals surface area contributed by atoms with E-state index in [1.165, 1.54) is 6.92 Å². The third-order valence-corrected chi connectivity index (χ3v) is 2.01. The SMILES string of the molecule is CCCC(OC)c1noc(CC(C)=O)n1. The summed E-state index contributed by atoms with van der Waals surface area (Å²) in [5, 5.41) is 3.80. The van der Waals surface area contributed by atoms with E-state index < -0.39 is 0 Å². The monoisotopic (exact) mass is 212 g/mol. The molecule has 1 aromatic heterocycles. The van der Waals surface area contributed by atoms with Gasteiger partial charge in [-0.3, -0.25) is 4.79 Å². The molecule has 0 saturated heterocycles. The van der Waals surface area contributed by atoms with Crippen molar-refractivity contribution in [3.8, 4) is 0 Å². The Kier molecular flexibility index (Phi) is 4.42. The van der Waals surface area contributed by atoms with Gasteiger partial charge in [-0.1, -0.05) is 18.5 Å². The molecule has 0 aromatic carbocycles. The van der Waals surface area contributed by atoms with E-state index in [0.29, 0.717) is 11.7 Å². The van der Waals surface area contributed by atoms with Crippen LogP contribution in [0.5, 0.6) is 0 Å². The number of Topliss-reactive ketones (excluding diaryl/α,β-unsaturated/α-hetero) is 1. The highest BCUT2D eigenvalue weighted by Gasteiger charge is 2.17. The lowest BCUT2D eigenvalue weighted by Crippen LogP contribution is -2.04. The van der Waals surface area contributed by atoms with Crippen molar-refractivity contribution in [3.05, 3.63) is 11.7 Å². The molecule has 0 N–H and O–H groups in total. The lowest BCUT2D eigenvalue weighted by molar-refractivity contribution is -0.116. The van der Waals surface area contributed by atoms with Crippen LogP contribution in [0.2, 0.25) is 0 Å². The van der Waals surface area contributed by atoms with Crippen molar-refractivity contribution >= 4 is 5.78 Å². The summed E-state index contributed by atoms with van der Waals surface area (Å²) in [6, 6.07) is 0. The van der Waals surface area contributed by atoms with Gasteiger partial charge >= 0.3 is 0 Å². The van der Waals surface area contributed by atoms with Gasteiger partial charge in [0, 0.05) is 7.11 Å². The van der Waals surface area contributed by atoms with E-state index in [-0.39, 0.29) is 18.3 Å². The average Bonchev–Trinajstić information content (AvgIpc) is 2.61. The topological polar surface area (TPSA) is 65.2 Å². The Bertz CT molecular complexity index is 322. The third kappa shape index (κ3) is 3.43. The van der Waals surface area contributed by atoms with Gasteiger partial charge in [0.15, 0.2) is 0 Å². The number of hydrogen-bond acceptors (Lipinski definition) is 5. The van der Waals surface area contributed by atoms with Crippen LogP contribution in [0.4, 0.5) is 0 Å². The molecule has 1 unspecified atom stereocenters. The molecule has 0 spiro atoms. The van der Waals surface area contributed by atoms with Gasteiger partial charge in [-0.15, -0.1) is 0 Å². The Hall–Kier alpha value is -1.23. The molecule has 0 saturated carbocycles. The van der Waals surface area contributed by atoms with Gasteiger partial charge in [0.05, 0.1) is 6.42 Å². The zero-order chi connectivity index (χ0) is 11.3. The molecule has 5 heteroatoms. The maximum absolute atomic E-state index is 10.8. The Morgan fingerprint density at radius 2 is 2.33 bits per heavy atom. The second-order valence-electron chi connectivity index (χ2n) is 3.44. The molecular formula is C10H16N2O3. The number of carbonyl (C=O) groups excluding carboxylic acids is 1. The van der Waals surface area contributed by atoms with Crippen LogP contribution in [0, 0.1) is 0 Å². The van der Waals surface area contributed by atoms with Crippen LogP contribution in [0.1, 0.15) is 44.5 Å². The number of carbonyl (C=O) groups is 1. The van der Waals surface area contributed by atoms with Crippen LogP contribution in [-0.2, 0) is 16.0 Å². The van der Waals surface area contributed by atoms with Crippen LogP contribution in [-0.4, -0.2) is 23.0 Å². The number of methoxy groups -OCH3 is 1. The fraction of sp³-hybridized carbons (Fsp3) is 0.700. The molecule has 0 radical (unpaired) electrons. The van der Waals surface area contributed by atoms with Crippen LogP contribution < -0.4 is 0 Å². The predicted molar refractivity (Wildman–Crippen MR) is 53.3 cm³/mol. The second-order valence-corrected chi connectivity index (χ2v) is 3.44. The van der Waals surface area contributed by atoms with Crippen molar-refractivity contribution in [2.75, 3.05) is 7.11 Å². The Balaban J connectivity index is 2.68. The summed E-state index contributed by atoms with van der Waals surface area (Å²) in [6.07, 6.45) is 1.87. The predicted octanol–water partition coefficient (Wildman–Crippen LogP) is 1.69. The van der Waals surface area contributed by atoms with Crippen LogP contribution in [0.3, 0.4) is 0 Å². The van der Waals surface area contributed by atoms with Gasteiger partial charge in [-0.2, -0.15) is 4.98 Å². The van der Waals surface area contributed by atoms with Crippen LogP contribution in [0.15, 0.2) is 4.52 Å². The van der Waals surface area contributed by atoms with Gasteiger partial charge in [0.2, 0.25) is 11.7 Å². The van der Waals surface area contributed by atoms with Crippen molar-refractivity contribution in [1.29, 1.82) is 0 Å². The fourth-order valence-corrected chi connectivity index (χ4v) is 1.30. The fourth-order valence-electron chi connectivity index (χ4n) is 1.30. The van der Waals surface area contributed by atoms with E-state index in [2.05, 4.69) is 17.1 Å². The molecular weight excluding hydrogens is 196 g/mol. The third-order valence-electron chi connectivity index (χ3n) is 2.01. The highest BCUT2D eigenvalue weighted by molar-refractivity contribution is 5.77. The highest BCUT2D eigenvalue weighted by Crippen LogP contribution is 2.18. The van der Waals surface area contributed by atoms with E-state index in [4.69, 9.17) is 9.26 Å². The van der Waals surface area contributed by atoms with Gasteiger partial charge in [-0.25, -0.2) is 0 Å². The number of ketones is 1. The first-order chi connectivity index (χ1) is 7.17. The standard InChI is InChI=1S/C10H16N2O3/c1-4-5-8(14-3)10-11-9(15-12-10)6-7(2)13/h8H,4-6H2,1-3H3. The Morgan fingerprint density at radius 1 is 1.60 bits per heavy atom. The second kappa shape index (κ2) is 5.60. The zero-order valence-corrected chi connectivity index (χ0v) is 9.32. The highest BCUT2D eigenvalue weighted by atomic mass is 16.5. The van der Waals surface area contributed by atoms with E-state index in [1.54, 1.807) is 7.11 Å². The molecule has 84 valence electrons. The number of nitrogens with zero attached hydrogens (tertiary/aromatic N) is 2. The molecule has 0 aliphatic carbocycles. The smallest absolute Gasteiger partial charge is 0.234 e. The maximum Gasteiger partial charge on any atom is 0.234 e. The molecule has 1 aromatic rings. The first-order valence-corrected chi connectivity index (χ1v) is 5.02. The molecule has 0 aliphatic rings. The first-order valence-electron chi connectivity index (χ1n) is 5.02. The summed E-state index contributed by atoms with van der Waals surface area (Å²) in [5.74, 6) is 0.890. The van der Waals surface area contributed by atoms with E-state index in [1.807, 2.05) is 0 Å². The van der Waals surface area contributed by atoms with E-state index >= 15 is 0 Å². The van der Waals surface area contributed by atoms with Gasteiger partial charge in [-0.05, 0) is 13.3 Å². The largest absolute Gasteiger partial charge is 0.373 e. The molecule has 1 atom stereocenters. The Labute approximate surface area is 88.8 Å². The molecule has 0 fully saturated rings. The van der Waals surface area contributed by atoms with Gasteiger partial charge in [0.25, 0.3) is 0 Å². The summed E-state index contributed by atoms with van der Waals surface area (Å²) < 4.78 is 10.2. The summed E-state index contributed by atoms with van der Waals surface area (Å²) in [6.45, 7) is 3.55. The van der Waals surface area contributed by atoms with Crippen molar-refractivity contribution in [2.24, 2.45) is 0 Å². The quantitative estimate of drug-likeness (QED) is 0.717. The zero-order valence-electron chi connectivity index (χ0n) is 9.32. The number of aromatic nitrogens is 2. The normalized spacial score (nSPS) is 12.7. The minimum absolute atomic E-state index is 0.00894. The van der Waals surface area contributed by atoms with Crippen molar-refractivity contribution in [1.82, 2.24) is 10.1 Å². The molecule has 15 heavy (non-hydrogen) atoms. The van der Waals surface area contributed by atoms with E-state index in [9.17, 15) is 4.79 Å². The summed E-state index contributed by atoms with van der Waals surface area (Å²) >= 11 is 0. The van der Waals surface area contributed by atoms with Crippen LogP contribution >= 0.6 is 0 Å². The summed E-state index contributed by atoms with van der Waals surface area (Å²) in [7, 11) is 1.61. The number of ether oxygens (including phenoxy) is 1. The molecule has 1 heterocycles. The van der Waals surface area contributed by atoms with Gasteiger partial charge in [0.1, 0.15) is 11.9 Å². The molecule has 0 amide bonds. The minimum Gasteiger partial charge on any atom is -0.373 e. The molecule has 0 aliphatic heterocycles. The van der Waals surface area contributed by atoms with Crippen LogP contribution in [0.25, 0.3) is 0 Å². The number of hydrogen-bond donors (Lipinski definition) is 0. The van der Waals surface area contributed by atoms with Crippen molar-refractivity contribution < 1.29 is 14.1 Å². The Morgan fingerprint density at radius 3 is 2.87 bits per heavy atom. The lowest BCUT2D eigenvalue weighted by atomic mass is 10.2. The average molecular weight is 212 g/mol. The van der Waals surface area contributed by atoms with Crippen molar-refractivity contribution in [3.63, 3.8) is 0 Å². The minimum atomic E-state index is -0.139. The number of rotatable bonds is 6. The first kappa shape index (κ1) is 11.8. The molecule has 0 bridgehead atoms. The van der Waals surface area contributed by atoms with Gasteiger partial charge < -0.3 is 9.26 Å². The lowest BCUT2D eigenvalue weighted by Gasteiger charge is -2.08. The maximum atomic E-state index is 10.8. The summed E-state index contributed by atoms with van der Waals surface area (Å²) in [5.41, 5.74) is 0. The summed E-state index contributed by atoms with van der Waals surface area (Å²) in [4.78, 5) is 14.9. The van der Waals surface area contributed by atoms with Crippen molar-refractivity contribution in [2.45, 2.75) is 39.2 Å².